The van der Waals surface area contributed by atoms with E-state index >= 15 is 0 Å². The van der Waals surface area contributed by atoms with Crippen molar-refractivity contribution in [3.63, 3.8) is 0 Å². The average Bonchev–Trinajstić information content (AvgIpc) is 2.76. The number of amides is 1. The maximum absolute atomic E-state index is 12.9. The molecule has 3 aromatic carbocycles. The molecule has 1 aliphatic rings. The quantitative estimate of drug-likeness (QED) is 0.548. The van der Waals surface area contributed by atoms with Gasteiger partial charge < -0.3 is 4.90 Å². The Balaban J connectivity index is 1.52. The molecule has 1 aliphatic heterocycles. The Morgan fingerprint density at radius 1 is 0.759 bits per heavy atom. The molecule has 0 aliphatic carbocycles. The van der Waals surface area contributed by atoms with E-state index in [1.165, 1.54) is 11.1 Å². The van der Waals surface area contributed by atoms with Crippen LogP contribution >= 0.6 is 23.2 Å². The molecular weight excluding hydrogens is 403 g/mol. The van der Waals surface area contributed by atoms with Gasteiger partial charge in [0.25, 0.3) is 5.91 Å². The molecule has 1 amide bonds. The minimum absolute atomic E-state index is 0.0395. The predicted octanol–water partition coefficient (Wildman–Crippen LogP) is 5.54. The smallest absolute Gasteiger partial charge is 0.255 e. The average molecular weight is 425 g/mol. The van der Waals surface area contributed by atoms with Gasteiger partial charge >= 0.3 is 0 Å². The van der Waals surface area contributed by atoms with Crippen LogP contribution in [-0.4, -0.2) is 41.9 Å². The Morgan fingerprint density at radius 3 is 1.83 bits per heavy atom. The Hall–Kier alpha value is -2.33. The fourth-order valence-electron chi connectivity index (χ4n) is 3.90. The third-order valence-electron chi connectivity index (χ3n) is 5.36. The summed E-state index contributed by atoms with van der Waals surface area (Å²) in [6.07, 6.45) is 0. The number of hydrogen-bond acceptors (Lipinski definition) is 2. The van der Waals surface area contributed by atoms with Crippen molar-refractivity contribution in [3.8, 4) is 0 Å². The van der Waals surface area contributed by atoms with E-state index in [4.69, 9.17) is 23.2 Å². The number of benzene rings is 3. The normalized spacial score (nSPS) is 14.9. The van der Waals surface area contributed by atoms with Gasteiger partial charge in [-0.25, -0.2) is 0 Å². The van der Waals surface area contributed by atoms with Crippen molar-refractivity contribution < 1.29 is 4.79 Å². The molecule has 1 heterocycles. The molecule has 0 spiro atoms. The number of carbonyl (C=O) groups excluding carboxylic acids is 1. The number of carbonyl (C=O) groups is 1. The maximum Gasteiger partial charge on any atom is 0.255 e. The van der Waals surface area contributed by atoms with E-state index in [-0.39, 0.29) is 11.9 Å². The summed E-state index contributed by atoms with van der Waals surface area (Å²) < 4.78 is 0. The van der Waals surface area contributed by atoms with E-state index in [1.807, 2.05) is 17.0 Å². The van der Waals surface area contributed by atoms with Gasteiger partial charge in [0.05, 0.1) is 16.6 Å². The lowest BCUT2D eigenvalue weighted by molar-refractivity contribution is 0.0597. The molecule has 1 fully saturated rings. The van der Waals surface area contributed by atoms with Crippen LogP contribution in [-0.2, 0) is 0 Å². The van der Waals surface area contributed by atoms with Crippen LogP contribution in [0.15, 0.2) is 78.9 Å². The van der Waals surface area contributed by atoms with Crippen molar-refractivity contribution in [2.45, 2.75) is 6.04 Å². The fourth-order valence-corrected chi connectivity index (χ4v) is 4.39. The van der Waals surface area contributed by atoms with Crippen LogP contribution in [0.1, 0.15) is 27.5 Å². The molecule has 1 saturated heterocycles. The van der Waals surface area contributed by atoms with E-state index in [2.05, 4.69) is 53.4 Å². The summed E-state index contributed by atoms with van der Waals surface area (Å²) in [5.41, 5.74) is 3.03. The van der Waals surface area contributed by atoms with Crippen molar-refractivity contribution in [2.75, 3.05) is 26.2 Å². The summed E-state index contributed by atoms with van der Waals surface area (Å²) in [4.78, 5) is 17.2. The summed E-state index contributed by atoms with van der Waals surface area (Å²) in [6.45, 7) is 2.92. The fraction of sp³-hybridized carbons (Fsp3) is 0.208. The zero-order valence-electron chi connectivity index (χ0n) is 16.0. The van der Waals surface area contributed by atoms with E-state index < -0.39 is 0 Å². The molecule has 4 rings (SSSR count). The van der Waals surface area contributed by atoms with Gasteiger partial charge in [-0.05, 0) is 29.3 Å². The zero-order valence-corrected chi connectivity index (χ0v) is 17.5. The topological polar surface area (TPSA) is 23.6 Å². The van der Waals surface area contributed by atoms with Crippen LogP contribution in [0.4, 0.5) is 0 Å². The van der Waals surface area contributed by atoms with E-state index in [9.17, 15) is 4.79 Å². The van der Waals surface area contributed by atoms with Crippen LogP contribution in [0, 0.1) is 0 Å². The summed E-state index contributed by atoms with van der Waals surface area (Å²) in [5, 5.41) is 0.932. The summed E-state index contributed by atoms with van der Waals surface area (Å²) in [5.74, 6) is -0.0395. The third-order valence-corrected chi connectivity index (χ3v) is 5.91. The molecule has 3 aromatic rings. The van der Waals surface area contributed by atoms with Gasteiger partial charge in [0.1, 0.15) is 0 Å². The van der Waals surface area contributed by atoms with Gasteiger partial charge in [0.15, 0.2) is 0 Å². The minimum atomic E-state index is -0.0395. The van der Waals surface area contributed by atoms with Gasteiger partial charge in [0, 0.05) is 31.2 Å². The molecule has 0 saturated carbocycles. The number of halogens is 2. The van der Waals surface area contributed by atoms with Gasteiger partial charge in [-0.2, -0.15) is 0 Å². The molecule has 5 heteroatoms. The van der Waals surface area contributed by atoms with Crippen LogP contribution in [0.5, 0.6) is 0 Å². The number of piperazine rings is 1. The molecule has 0 unspecified atom stereocenters. The molecular formula is C24H22Cl2N2O. The molecule has 29 heavy (non-hydrogen) atoms. The Labute approximate surface area is 181 Å². The Bertz CT molecular complexity index is 931. The summed E-state index contributed by atoms with van der Waals surface area (Å²) in [6, 6.07) is 26.3. The first kappa shape index (κ1) is 20.0. The van der Waals surface area contributed by atoms with Gasteiger partial charge in [0.2, 0.25) is 0 Å². The molecule has 0 atom stereocenters. The highest BCUT2D eigenvalue weighted by molar-refractivity contribution is 6.36. The van der Waals surface area contributed by atoms with Crippen LogP contribution < -0.4 is 0 Å². The number of hydrogen-bond donors (Lipinski definition) is 0. The summed E-state index contributed by atoms with van der Waals surface area (Å²) >= 11 is 12.2. The number of rotatable bonds is 4. The van der Waals surface area contributed by atoms with Gasteiger partial charge in [-0.1, -0.05) is 83.9 Å². The lowest BCUT2D eigenvalue weighted by Gasteiger charge is -2.40. The van der Waals surface area contributed by atoms with E-state index in [0.717, 1.165) is 13.1 Å². The highest BCUT2D eigenvalue weighted by atomic mass is 35.5. The molecule has 0 bridgehead atoms. The largest absolute Gasteiger partial charge is 0.336 e. The van der Waals surface area contributed by atoms with Crippen molar-refractivity contribution in [1.82, 2.24) is 9.80 Å². The standard InChI is InChI=1S/C24H22Cl2N2O/c25-20-11-12-21(22(26)17-20)24(29)28-15-13-27(14-16-28)23(18-7-3-1-4-8-18)19-9-5-2-6-10-19/h1-12,17,23H,13-16H2. The van der Waals surface area contributed by atoms with E-state index in [1.54, 1.807) is 18.2 Å². The van der Waals surface area contributed by atoms with Crippen LogP contribution in [0.3, 0.4) is 0 Å². The van der Waals surface area contributed by atoms with Crippen LogP contribution in [0.25, 0.3) is 0 Å². The van der Waals surface area contributed by atoms with Gasteiger partial charge in [-0.3, -0.25) is 9.69 Å². The van der Waals surface area contributed by atoms with Gasteiger partial charge in [-0.15, -0.1) is 0 Å². The van der Waals surface area contributed by atoms with Crippen molar-refractivity contribution in [1.29, 1.82) is 0 Å². The second kappa shape index (κ2) is 9.00. The Kier molecular flexibility index (Phi) is 6.19. The molecule has 0 aromatic heterocycles. The van der Waals surface area contributed by atoms with Crippen molar-refractivity contribution in [2.24, 2.45) is 0 Å². The third kappa shape index (κ3) is 4.48. The first-order valence-corrected chi connectivity index (χ1v) is 10.5. The molecule has 0 radical (unpaired) electrons. The monoisotopic (exact) mass is 424 g/mol. The van der Waals surface area contributed by atoms with Crippen molar-refractivity contribution >= 4 is 29.1 Å². The first-order valence-electron chi connectivity index (χ1n) is 9.72. The second-order valence-corrected chi connectivity index (χ2v) is 8.02. The maximum atomic E-state index is 12.9. The Morgan fingerprint density at radius 2 is 1.31 bits per heavy atom. The summed E-state index contributed by atoms with van der Waals surface area (Å²) in [7, 11) is 0. The minimum Gasteiger partial charge on any atom is -0.336 e. The molecule has 148 valence electrons. The molecule has 3 nitrogen and oxygen atoms in total. The first-order chi connectivity index (χ1) is 14.1. The van der Waals surface area contributed by atoms with E-state index in [0.29, 0.717) is 28.7 Å². The highest BCUT2D eigenvalue weighted by Crippen LogP contribution is 2.30. The molecule has 0 N–H and O–H groups in total. The highest BCUT2D eigenvalue weighted by Gasteiger charge is 2.29. The number of nitrogens with zero attached hydrogens (tertiary/aromatic N) is 2. The SMILES string of the molecule is O=C(c1ccc(Cl)cc1Cl)N1CCN(C(c2ccccc2)c2ccccc2)CC1. The second-order valence-electron chi connectivity index (χ2n) is 7.18. The lowest BCUT2D eigenvalue weighted by atomic mass is 9.96. The zero-order chi connectivity index (χ0) is 20.2. The van der Waals surface area contributed by atoms with Crippen molar-refractivity contribution in [3.05, 3.63) is 106 Å². The lowest BCUT2D eigenvalue weighted by Crippen LogP contribution is -2.49. The van der Waals surface area contributed by atoms with Crippen LogP contribution in [0.2, 0.25) is 10.0 Å². The predicted molar refractivity (Wildman–Crippen MR) is 119 cm³/mol.